The van der Waals surface area contributed by atoms with Crippen LogP contribution in [0.1, 0.15) is 12.5 Å². The van der Waals surface area contributed by atoms with E-state index < -0.39 is 17.7 Å². The van der Waals surface area contributed by atoms with Crippen LogP contribution in [0.25, 0.3) is 0 Å². The summed E-state index contributed by atoms with van der Waals surface area (Å²) in [6.45, 7) is 1.57. The molecule has 3 nitrogen and oxygen atoms in total. The van der Waals surface area contributed by atoms with Gasteiger partial charge in [0.1, 0.15) is 0 Å². The molecule has 0 spiro atoms. The minimum atomic E-state index is -0.786. The van der Waals surface area contributed by atoms with E-state index in [0.29, 0.717) is 5.56 Å². The van der Waals surface area contributed by atoms with Crippen molar-refractivity contribution >= 4 is 0 Å². The standard InChI is InChI=1S/C10H13FO3/c1-6(12)5-7-3-4-8(14-2)9(11)10(7)13/h3-4,6,12-13H,5H2,1-2H3. The van der Waals surface area contributed by atoms with Crippen LogP contribution in [0.5, 0.6) is 11.5 Å². The normalized spacial score (nSPS) is 12.6. The Bertz CT molecular complexity index is 323. The summed E-state index contributed by atoms with van der Waals surface area (Å²) >= 11 is 0. The summed E-state index contributed by atoms with van der Waals surface area (Å²) in [6.07, 6.45) is -0.402. The number of rotatable bonds is 3. The minimum absolute atomic E-state index is 0.00292. The number of ether oxygens (including phenoxy) is 1. The van der Waals surface area contributed by atoms with E-state index in [1.807, 2.05) is 0 Å². The first kappa shape index (κ1) is 10.8. The van der Waals surface area contributed by atoms with Crippen molar-refractivity contribution in [2.45, 2.75) is 19.4 Å². The zero-order valence-electron chi connectivity index (χ0n) is 8.12. The molecule has 0 aliphatic heterocycles. The smallest absolute Gasteiger partial charge is 0.206 e. The fraction of sp³-hybridized carbons (Fsp3) is 0.400. The molecule has 0 radical (unpaired) electrons. The van der Waals surface area contributed by atoms with E-state index >= 15 is 0 Å². The highest BCUT2D eigenvalue weighted by atomic mass is 19.1. The number of hydrogen-bond acceptors (Lipinski definition) is 3. The molecule has 0 saturated carbocycles. The van der Waals surface area contributed by atoms with Crippen molar-refractivity contribution < 1.29 is 19.3 Å². The van der Waals surface area contributed by atoms with Crippen LogP contribution in [-0.2, 0) is 6.42 Å². The van der Waals surface area contributed by atoms with Crippen molar-refractivity contribution in [3.8, 4) is 11.5 Å². The van der Waals surface area contributed by atoms with Gasteiger partial charge in [-0.15, -0.1) is 0 Å². The maximum atomic E-state index is 13.3. The molecule has 1 aromatic carbocycles. The molecule has 1 unspecified atom stereocenters. The molecule has 1 aromatic rings. The summed E-state index contributed by atoms with van der Waals surface area (Å²) in [4.78, 5) is 0. The van der Waals surface area contributed by atoms with Gasteiger partial charge in [-0.05, 0) is 18.6 Å². The second-order valence-electron chi connectivity index (χ2n) is 3.14. The molecule has 1 atom stereocenters. The van der Waals surface area contributed by atoms with Gasteiger partial charge in [-0.25, -0.2) is 0 Å². The SMILES string of the molecule is COc1ccc(CC(C)O)c(O)c1F. The van der Waals surface area contributed by atoms with Crippen LogP contribution in [0, 0.1) is 5.82 Å². The maximum absolute atomic E-state index is 13.3. The summed E-state index contributed by atoms with van der Waals surface area (Å²) in [5, 5.41) is 18.5. The van der Waals surface area contributed by atoms with Gasteiger partial charge in [0.2, 0.25) is 5.82 Å². The third-order valence-electron chi connectivity index (χ3n) is 1.90. The fourth-order valence-corrected chi connectivity index (χ4v) is 1.23. The lowest BCUT2D eigenvalue weighted by atomic mass is 10.1. The first-order chi connectivity index (χ1) is 6.56. The first-order valence-electron chi connectivity index (χ1n) is 4.28. The molecule has 0 bridgehead atoms. The molecule has 0 amide bonds. The number of phenolic OH excluding ortho intramolecular Hbond substituents is 1. The van der Waals surface area contributed by atoms with Crippen LogP contribution in [0.3, 0.4) is 0 Å². The lowest BCUT2D eigenvalue weighted by molar-refractivity contribution is 0.194. The number of methoxy groups -OCH3 is 1. The van der Waals surface area contributed by atoms with Gasteiger partial charge in [0.15, 0.2) is 11.5 Å². The van der Waals surface area contributed by atoms with Gasteiger partial charge in [-0.3, -0.25) is 0 Å². The molecule has 0 aliphatic carbocycles. The van der Waals surface area contributed by atoms with Gasteiger partial charge < -0.3 is 14.9 Å². The topological polar surface area (TPSA) is 49.7 Å². The number of aliphatic hydroxyl groups is 1. The average Bonchev–Trinajstić information content (AvgIpc) is 2.13. The highest BCUT2D eigenvalue weighted by Crippen LogP contribution is 2.29. The highest BCUT2D eigenvalue weighted by molar-refractivity contribution is 5.41. The molecule has 14 heavy (non-hydrogen) atoms. The molecule has 2 N–H and O–H groups in total. The van der Waals surface area contributed by atoms with Gasteiger partial charge in [0.25, 0.3) is 0 Å². The van der Waals surface area contributed by atoms with Crippen molar-refractivity contribution in [1.29, 1.82) is 0 Å². The zero-order valence-corrected chi connectivity index (χ0v) is 8.12. The summed E-state index contributed by atoms with van der Waals surface area (Å²) in [6, 6.07) is 2.96. The van der Waals surface area contributed by atoms with E-state index in [1.165, 1.54) is 19.2 Å². The second kappa shape index (κ2) is 4.28. The van der Waals surface area contributed by atoms with E-state index in [4.69, 9.17) is 5.11 Å². The van der Waals surface area contributed by atoms with Gasteiger partial charge in [0.05, 0.1) is 13.2 Å². The number of hydrogen-bond donors (Lipinski definition) is 2. The van der Waals surface area contributed by atoms with Gasteiger partial charge >= 0.3 is 0 Å². The van der Waals surface area contributed by atoms with E-state index in [2.05, 4.69) is 4.74 Å². The molecule has 4 heteroatoms. The lowest BCUT2D eigenvalue weighted by Gasteiger charge is -2.09. The third-order valence-corrected chi connectivity index (χ3v) is 1.90. The van der Waals surface area contributed by atoms with Crippen molar-refractivity contribution in [2.75, 3.05) is 7.11 Å². The van der Waals surface area contributed by atoms with Crippen molar-refractivity contribution in [1.82, 2.24) is 0 Å². The van der Waals surface area contributed by atoms with E-state index in [1.54, 1.807) is 6.92 Å². The Kier molecular flexibility index (Phi) is 3.30. The Morgan fingerprint density at radius 2 is 2.14 bits per heavy atom. The van der Waals surface area contributed by atoms with Gasteiger partial charge in [-0.1, -0.05) is 6.07 Å². The van der Waals surface area contributed by atoms with Crippen LogP contribution >= 0.6 is 0 Å². The summed E-state index contributed by atoms with van der Waals surface area (Å²) in [5.41, 5.74) is 0.373. The summed E-state index contributed by atoms with van der Waals surface area (Å²) in [7, 11) is 1.33. The molecule has 0 saturated heterocycles. The molecule has 0 aliphatic rings. The van der Waals surface area contributed by atoms with Gasteiger partial charge in [0, 0.05) is 6.42 Å². The highest BCUT2D eigenvalue weighted by Gasteiger charge is 2.13. The van der Waals surface area contributed by atoms with Crippen LogP contribution in [0.2, 0.25) is 0 Å². The zero-order chi connectivity index (χ0) is 10.7. The number of aromatic hydroxyl groups is 1. The molecule has 78 valence electrons. The van der Waals surface area contributed by atoms with E-state index in [-0.39, 0.29) is 12.2 Å². The van der Waals surface area contributed by atoms with Crippen molar-refractivity contribution in [3.63, 3.8) is 0 Å². The largest absolute Gasteiger partial charge is 0.505 e. The average molecular weight is 200 g/mol. The number of phenols is 1. The van der Waals surface area contributed by atoms with E-state index in [0.717, 1.165) is 0 Å². The molecular weight excluding hydrogens is 187 g/mol. The predicted octanol–water partition coefficient (Wildman–Crippen LogP) is 1.46. The molecular formula is C10H13FO3. The lowest BCUT2D eigenvalue weighted by Crippen LogP contribution is -2.05. The molecule has 0 fully saturated rings. The Labute approximate surface area is 81.8 Å². The van der Waals surface area contributed by atoms with Gasteiger partial charge in [-0.2, -0.15) is 4.39 Å². The third kappa shape index (κ3) is 2.14. The fourth-order valence-electron chi connectivity index (χ4n) is 1.23. The number of benzene rings is 1. The first-order valence-corrected chi connectivity index (χ1v) is 4.28. The molecule has 1 rings (SSSR count). The number of aliphatic hydroxyl groups excluding tert-OH is 1. The number of halogens is 1. The van der Waals surface area contributed by atoms with Crippen LogP contribution < -0.4 is 4.74 Å². The van der Waals surface area contributed by atoms with Crippen molar-refractivity contribution in [3.05, 3.63) is 23.5 Å². The van der Waals surface area contributed by atoms with E-state index in [9.17, 15) is 9.50 Å². The summed E-state index contributed by atoms with van der Waals surface area (Å²) < 4.78 is 17.9. The Morgan fingerprint density at radius 1 is 1.50 bits per heavy atom. The Hall–Kier alpha value is -1.29. The second-order valence-corrected chi connectivity index (χ2v) is 3.14. The maximum Gasteiger partial charge on any atom is 0.206 e. The Morgan fingerprint density at radius 3 is 2.64 bits per heavy atom. The molecule has 0 heterocycles. The van der Waals surface area contributed by atoms with Crippen molar-refractivity contribution in [2.24, 2.45) is 0 Å². The quantitative estimate of drug-likeness (QED) is 0.776. The van der Waals surface area contributed by atoms with Crippen LogP contribution in [0.15, 0.2) is 12.1 Å². The summed E-state index contributed by atoms with van der Waals surface area (Å²) in [5.74, 6) is -1.24. The predicted molar refractivity (Wildman–Crippen MR) is 50.0 cm³/mol. The van der Waals surface area contributed by atoms with Crippen LogP contribution in [-0.4, -0.2) is 23.4 Å². The molecule has 0 aromatic heterocycles. The monoisotopic (exact) mass is 200 g/mol. The Balaban J connectivity index is 3.04. The minimum Gasteiger partial charge on any atom is -0.505 e. The van der Waals surface area contributed by atoms with Crippen LogP contribution in [0.4, 0.5) is 4.39 Å².